The van der Waals surface area contributed by atoms with Crippen LogP contribution >= 0.6 is 0 Å². The van der Waals surface area contributed by atoms with Crippen LogP contribution in [0.5, 0.6) is 0 Å². The van der Waals surface area contributed by atoms with E-state index in [0.717, 1.165) is 38.7 Å². The van der Waals surface area contributed by atoms with Crippen molar-refractivity contribution in [3.05, 3.63) is 0 Å². The predicted octanol–water partition coefficient (Wildman–Crippen LogP) is 2.21. The van der Waals surface area contributed by atoms with Gasteiger partial charge in [-0.15, -0.1) is 0 Å². The van der Waals surface area contributed by atoms with Gasteiger partial charge in [0.1, 0.15) is 0 Å². The minimum Gasteiger partial charge on any atom is -0.377 e. The summed E-state index contributed by atoms with van der Waals surface area (Å²) in [5.74, 6) is 0.760. The highest BCUT2D eigenvalue weighted by molar-refractivity contribution is 4.64. The molecule has 0 bridgehead atoms. The molecule has 1 rings (SSSR count). The fraction of sp³-hybridized carbons (Fsp3) is 1.00. The Morgan fingerprint density at radius 3 is 2.81 bits per heavy atom. The second-order valence-corrected chi connectivity index (χ2v) is 5.19. The zero-order valence-electron chi connectivity index (χ0n) is 11.0. The van der Waals surface area contributed by atoms with E-state index >= 15 is 0 Å². The molecule has 1 aliphatic rings. The van der Waals surface area contributed by atoms with Gasteiger partial charge in [0.25, 0.3) is 0 Å². The fourth-order valence-corrected chi connectivity index (χ4v) is 2.16. The summed E-state index contributed by atoms with van der Waals surface area (Å²) in [4.78, 5) is 0. The largest absolute Gasteiger partial charge is 0.377 e. The summed E-state index contributed by atoms with van der Waals surface area (Å²) < 4.78 is 11.1. The second kappa shape index (κ2) is 8.04. The molecule has 0 radical (unpaired) electrons. The molecule has 1 aliphatic heterocycles. The molecule has 2 atom stereocenters. The van der Waals surface area contributed by atoms with E-state index < -0.39 is 0 Å². The fourth-order valence-electron chi connectivity index (χ4n) is 2.16. The van der Waals surface area contributed by atoms with E-state index in [2.05, 4.69) is 26.1 Å². The van der Waals surface area contributed by atoms with E-state index in [1.807, 2.05) is 0 Å². The molecule has 0 saturated carbocycles. The van der Waals surface area contributed by atoms with Crippen LogP contribution in [0.2, 0.25) is 0 Å². The summed E-state index contributed by atoms with van der Waals surface area (Å²) in [6, 6.07) is 0.589. The number of hydrogen-bond donors (Lipinski definition) is 1. The molecule has 0 amide bonds. The Balaban J connectivity index is 1.87. The summed E-state index contributed by atoms with van der Waals surface area (Å²) >= 11 is 0. The SMILES string of the molecule is CC(C)CC(C)NCCOCC1CCCO1. The molecule has 0 aromatic heterocycles. The van der Waals surface area contributed by atoms with Crippen molar-refractivity contribution in [2.24, 2.45) is 5.92 Å². The monoisotopic (exact) mass is 229 g/mol. The maximum absolute atomic E-state index is 5.59. The van der Waals surface area contributed by atoms with Crippen LogP contribution in [0.1, 0.15) is 40.0 Å². The average Bonchev–Trinajstić information content (AvgIpc) is 2.68. The highest BCUT2D eigenvalue weighted by atomic mass is 16.5. The third kappa shape index (κ3) is 6.46. The number of rotatable bonds is 8. The van der Waals surface area contributed by atoms with Crippen molar-refractivity contribution in [1.82, 2.24) is 5.32 Å². The summed E-state index contributed by atoms with van der Waals surface area (Å²) in [7, 11) is 0. The van der Waals surface area contributed by atoms with E-state index in [1.54, 1.807) is 0 Å². The first-order chi connectivity index (χ1) is 7.68. The van der Waals surface area contributed by atoms with Crippen molar-refractivity contribution in [3.63, 3.8) is 0 Å². The Hall–Kier alpha value is -0.120. The quantitative estimate of drug-likeness (QED) is 0.647. The minimum absolute atomic E-state index is 0.355. The zero-order chi connectivity index (χ0) is 11.8. The normalized spacial score (nSPS) is 22.9. The third-order valence-corrected chi connectivity index (χ3v) is 2.89. The summed E-state index contributed by atoms with van der Waals surface area (Å²) in [5.41, 5.74) is 0. The molecule has 96 valence electrons. The van der Waals surface area contributed by atoms with E-state index in [0.29, 0.717) is 12.1 Å². The Bertz CT molecular complexity index is 167. The topological polar surface area (TPSA) is 30.5 Å². The molecule has 0 spiro atoms. The van der Waals surface area contributed by atoms with Crippen LogP contribution in [0.4, 0.5) is 0 Å². The molecule has 3 heteroatoms. The molecule has 1 fully saturated rings. The molecule has 16 heavy (non-hydrogen) atoms. The van der Waals surface area contributed by atoms with Crippen molar-refractivity contribution < 1.29 is 9.47 Å². The summed E-state index contributed by atoms with van der Waals surface area (Å²) in [6.07, 6.45) is 3.94. The van der Waals surface area contributed by atoms with Crippen LogP contribution in [0, 0.1) is 5.92 Å². The summed E-state index contributed by atoms with van der Waals surface area (Å²) in [5, 5.41) is 3.47. The van der Waals surface area contributed by atoms with Crippen molar-refractivity contribution in [2.45, 2.75) is 52.2 Å². The summed E-state index contributed by atoms with van der Waals surface area (Å²) in [6.45, 7) is 10.2. The maximum Gasteiger partial charge on any atom is 0.0809 e. The first-order valence-corrected chi connectivity index (χ1v) is 6.61. The van der Waals surface area contributed by atoms with Crippen LogP contribution in [-0.4, -0.2) is 38.5 Å². The van der Waals surface area contributed by atoms with Crippen molar-refractivity contribution >= 4 is 0 Å². The van der Waals surface area contributed by atoms with Crippen LogP contribution in [0.15, 0.2) is 0 Å². The van der Waals surface area contributed by atoms with Gasteiger partial charge in [-0.3, -0.25) is 0 Å². The molecule has 0 aromatic carbocycles. The number of hydrogen-bond acceptors (Lipinski definition) is 3. The van der Waals surface area contributed by atoms with Gasteiger partial charge in [0.15, 0.2) is 0 Å². The predicted molar refractivity (Wildman–Crippen MR) is 66.7 cm³/mol. The Kier molecular flexibility index (Phi) is 7.01. The molecular formula is C13H27NO2. The van der Waals surface area contributed by atoms with Gasteiger partial charge in [-0.2, -0.15) is 0 Å². The molecule has 0 aliphatic carbocycles. The van der Waals surface area contributed by atoms with Crippen LogP contribution in [0.25, 0.3) is 0 Å². The van der Waals surface area contributed by atoms with Gasteiger partial charge in [0.05, 0.1) is 19.3 Å². The lowest BCUT2D eigenvalue weighted by atomic mass is 10.1. The molecule has 1 heterocycles. The van der Waals surface area contributed by atoms with E-state index in [-0.39, 0.29) is 0 Å². The lowest BCUT2D eigenvalue weighted by molar-refractivity contribution is 0.0178. The molecule has 1 saturated heterocycles. The molecular weight excluding hydrogens is 202 g/mol. The standard InChI is InChI=1S/C13H27NO2/c1-11(2)9-12(3)14-6-8-15-10-13-5-4-7-16-13/h11-14H,4-10H2,1-3H3. The van der Waals surface area contributed by atoms with Crippen molar-refractivity contribution in [3.8, 4) is 0 Å². The van der Waals surface area contributed by atoms with Gasteiger partial charge in [-0.25, -0.2) is 0 Å². The third-order valence-electron chi connectivity index (χ3n) is 2.89. The molecule has 1 N–H and O–H groups in total. The van der Waals surface area contributed by atoms with Gasteiger partial charge in [-0.1, -0.05) is 13.8 Å². The van der Waals surface area contributed by atoms with Gasteiger partial charge < -0.3 is 14.8 Å². The zero-order valence-corrected chi connectivity index (χ0v) is 11.0. The first-order valence-electron chi connectivity index (χ1n) is 6.61. The lowest BCUT2D eigenvalue weighted by Gasteiger charge is -2.16. The smallest absolute Gasteiger partial charge is 0.0809 e. The van der Waals surface area contributed by atoms with Gasteiger partial charge in [0.2, 0.25) is 0 Å². The highest BCUT2D eigenvalue weighted by Crippen LogP contribution is 2.11. The van der Waals surface area contributed by atoms with Crippen LogP contribution in [-0.2, 0) is 9.47 Å². The van der Waals surface area contributed by atoms with Crippen molar-refractivity contribution in [1.29, 1.82) is 0 Å². The van der Waals surface area contributed by atoms with E-state index in [4.69, 9.17) is 9.47 Å². The van der Waals surface area contributed by atoms with Gasteiger partial charge >= 0.3 is 0 Å². The Morgan fingerprint density at radius 2 is 2.19 bits per heavy atom. The molecule has 2 unspecified atom stereocenters. The van der Waals surface area contributed by atoms with E-state index in [9.17, 15) is 0 Å². The van der Waals surface area contributed by atoms with Crippen LogP contribution in [0.3, 0.4) is 0 Å². The van der Waals surface area contributed by atoms with Gasteiger partial charge in [0, 0.05) is 19.2 Å². The average molecular weight is 229 g/mol. The maximum atomic E-state index is 5.59. The molecule has 0 aromatic rings. The Morgan fingerprint density at radius 1 is 1.38 bits per heavy atom. The van der Waals surface area contributed by atoms with Crippen molar-refractivity contribution in [2.75, 3.05) is 26.4 Å². The number of ether oxygens (including phenoxy) is 2. The lowest BCUT2D eigenvalue weighted by Crippen LogP contribution is -2.31. The van der Waals surface area contributed by atoms with E-state index in [1.165, 1.54) is 12.8 Å². The Labute approximate surface area is 99.9 Å². The number of nitrogens with one attached hydrogen (secondary N) is 1. The highest BCUT2D eigenvalue weighted by Gasteiger charge is 2.14. The first kappa shape index (κ1) is 13.9. The van der Waals surface area contributed by atoms with Gasteiger partial charge in [-0.05, 0) is 32.1 Å². The van der Waals surface area contributed by atoms with Crippen LogP contribution < -0.4 is 5.32 Å². The molecule has 3 nitrogen and oxygen atoms in total. The minimum atomic E-state index is 0.355. The second-order valence-electron chi connectivity index (χ2n) is 5.19.